The number of nitrogens with one attached hydrogen (secondary N) is 1. The lowest BCUT2D eigenvalue weighted by atomic mass is 10.1. The van der Waals surface area contributed by atoms with Gasteiger partial charge >= 0.3 is 0 Å². The molecule has 0 aliphatic heterocycles. The minimum absolute atomic E-state index is 0.0153. The Balaban J connectivity index is 2.11. The normalized spacial score (nSPS) is 12.2. The van der Waals surface area contributed by atoms with Gasteiger partial charge in [-0.15, -0.1) is 0 Å². The minimum atomic E-state index is -0.244. The Morgan fingerprint density at radius 2 is 1.94 bits per heavy atom. The van der Waals surface area contributed by atoms with Crippen molar-refractivity contribution >= 4 is 17.4 Å². The SMILES string of the molecule is CC(Nc1ccnc(Cl)n1)c1ccc(F)cc1. The molecule has 0 spiro atoms. The molecular weight excluding hydrogens is 241 g/mol. The van der Waals surface area contributed by atoms with Gasteiger partial charge in [-0.25, -0.2) is 14.4 Å². The molecule has 3 nitrogen and oxygen atoms in total. The first kappa shape index (κ1) is 11.8. The van der Waals surface area contributed by atoms with Crippen LogP contribution >= 0.6 is 11.6 Å². The molecule has 0 fully saturated rings. The van der Waals surface area contributed by atoms with Gasteiger partial charge in [0.05, 0.1) is 0 Å². The van der Waals surface area contributed by atoms with Gasteiger partial charge in [0.2, 0.25) is 5.28 Å². The number of anilines is 1. The Bertz CT molecular complexity index is 501. The van der Waals surface area contributed by atoms with Gasteiger partial charge in [0.25, 0.3) is 0 Å². The van der Waals surface area contributed by atoms with E-state index in [2.05, 4.69) is 15.3 Å². The summed E-state index contributed by atoms with van der Waals surface area (Å²) in [6.45, 7) is 1.96. The Morgan fingerprint density at radius 3 is 2.59 bits per heavy atom. The topological polar surface area (TPSA) is 37.8 Å². The average molecular weight is 252 g/mol. The number of benzene rings is 1. The number of hydrogen-bond acceptors (Lipinski definition) is 3. The summed E-state index contributed by atoms with van der Waals surface area (Å²) in [5.41, 5.74) is 0.973. The van der Waals surface area contributed by atoms with E-state index < -0.39 is 0 Å². The van der Waals surface area contributed by atoms with E-state index in [0.717, 1.165) is 5.56 Å². The molecule has 1 heterocycles. The molecule has 0 radical (unpaired) electrons. The zero-order valence-electron chi connectivity index (χ0n) is 9.19. The molecule has 0 aliphatic carbocycles. The van der Waals surface area contributed by atoms with Crippen molar-refractivity contribution in [3.05, 3.63) is 53.2 Å². The van der Waals surface area contributed by atoms with E-state index in [4.69, 9.17) is 11.6 Å². The fourth-order valence-electron chi connectivity index (χ4n) is 1.47. The van der Waals surface area contributed by atoms with E-state index in [-0.39, 0.29) is 17.1 Å². The second-order valence-electron chi connectivity index (χ2n) is 3.63. The molecule has 2 aromatic rings. The summed E-state index contributed by atoms with van der Waals surface area (Å²) in [5.74, 6) is 0.396. The van der Waals surface area contributed by atoms with Gasteiger partial charge in [-0.05, 0) is 42.3 Å². The number of hydrogen-bond donors (Lipinski definition) is 1. The Morgan fingerprint density at radius 1 is 1.24 bits per heavy atom. The molecule has 17 heavy (non-hydrogen) atoms. The van der Waals surface area contributed by atoms with Gasteiger partial charge in [0, 0.05) is 12.2 Å². The summed E-state index contributed by atoms with van der Waals surface area (Å²) in [4.78, 5) is 7.82. The van der Waals surface area contributed by atoms with E-state index in [1.807, 2.05) is 6.92 Å². The third-order valence-corrected chi connectivity index (χ3v) is 2.54. The van der Waals surface area contributed by atoms with Crippen LogP contribution in [0.25, 0.3) is 0 Å². The van der Waals surface area contributed by atoms with Crippen LogP contribution in [-0.4, -0.2) is 9.97 Å². The molecular formula is C12H11ClFN3. The van der Waals surface area contributed by atoms with Crippen LogP contribution in [0.2, 0.25) is 5.28 Å². The lowest BCUT2D eigenvalue weighted by Crippen LogP contribution is -2.08. The molecule has 0 bridgehead atoms. The molecule has 0 saturated carbocycles. The van der Waals surface area contributed by atoms with Crippen LogP contribution in [0.5, 0.6) is 0 Å². The first-order valence-electron chi connectivity index (χ1n) is 5.16. The summed E-state index contributed by atoms with van der Waals surface area (Å²) >= 11 is 5.68. The zero-order chi connectivity index (χ0) is 12.3. The number of halogens is 2. The second kappa shape index (κ2) is 5.10. The maximum atomic E-state index is 12.8. The lowest BCUT2D eigenvalue weighted by Gasteiger charge is -2.14. The molecule has 0 aliphatic rings. The highest BCUT2D eigenvalue weighted by molar-refractivity contribution is 6.28. The fraction of sp³-hybridized carbons (Fsp3) is 0.167. The van der Waals surface area contributed by atoms with Crippen molar-refractivity contribution in [1.82, 2.24) is 9.97 Å². The Hall–Kier alpha value is -1.68. The molecule has 2 rings (SSSR count). The Kier molecular flexibility index (Phi) is 3.54. The van der Waals surface area contributed by atoms with Crippen LogP contribution in [0.3, 0.4) is 0 Å². The average Bonchev–Trinajstić information content (AvgIpc) is 2.29. The van der Waals surface area contributed by atoms with E-state index in [9.17, 15) is 4.39 Å². The van der Waals surface area contributed by atoms with Crippen molar-refractivity contribution < 1.29 is 4.39 Å². The summed E-state index contributed by atoms with van der Waals surface area (Å²) in [6, 6.07) is 8.07. The van der Waals surface area contributed by atoms with E-state index in [1.54, 1.807) is 24.4 Å². The lowest BCUT2D eigenvalue weighted by molar-refractivity contribution is 0.626. The highest BCUT2D eigenvalue weighted by Crippen LogP contribution is 2.18. The molecule has 0 amide bonds. The number of rotatable bonds is 3. The number of nitrogens with zero attached hydrogens (tertiary/aromatic N) is 2. The molecule has 1 atom stereocenters. The van der Waals surface area contributed by atoms with Crippen molar-refractivity contribution in [3.8, 4) is 0 Å². The molecule has 5 heteroatoms. The van der Waals surface area contributed by atoms with Crippen molar-refractivity contribution in [3.63, 3.8) is 0 Å². The summed E-state index contributed by atoms with van der Waals surface area (Å²) in [7, 11) is 0. The highest BCUT2D eigenvalue weighted by Gasteiger charge is 2.06. The van der Waals surface area contributed by atoms with Crippen molar-refractivity contribution in [1.29, 1.82) is 0 Å². The maximum absolute atomic E-state index is 12.8. The summed E-state index contributed by atoms with van der Waals surface area (Å²) in [5, 5.41) is 3.36. The van der Waals surface area contributed by atoms with E-state index in [0.29, 0.717) is 5.82 Å². The third-order valence-electron chi connectivity index (χ3n) is 2.36. The van der Waals surface area contributed by atoms with Crippen molar-refractivity contribution in [2.75, 3.05) is 5.32 Å². The van der Waals surface area contributed by atoms with E-state index >= 15 is 0 Å². The quantitative estimate of drug-likeness (QED) is 0.849. The first-order chi connectivity index (χ1) is 8.15. The first-order valence-corrected chi connectivity index (χ1v) is 5.53. The van der Waals surface area contributed by atoms with Crippen molar-refractivity contribution in [2.24, 2.45) is 0 Å². The third kappa shape index (κ3) is 3.14. The second-order valence-corrected chi connectivity index (χ2v) is 3.97. The van der Waals surface area contributed by atoms with Crippen molar-refractivity contribution in [2.45, 2.75) is 13.0 Å². The molecule has 1 unspecified atom stereocenters. The summed E-state index contributed by atoms with van der Waals surface area (Å²) in [6.07, 6.45) is 1.58. The maximum Gasteiger partial charge on any atom is 0.224 e. The smallest absolute Gasteiger partial charge is 0.224 e. The Labute approximate surface area is 104 Å². The number of aromatic nitrogens is 2. The highest BCUT2D eigenvalue weighted by atomic mass is 35.5. The molecule has 0 saturated heterocycles. The van der Waals surface area contributed by atoms with Gasteiger partial charge in [-0.3, -0.25) is 0 Å². The monoisotopic (exact) mass is 251 g/mol. The van der Waals surface area contributed by atoms with Gasteiger partial charge < -0.3 is 5.32 Å². The molecule has 88 valence electrons. The largest absolute Gasteiger partial charge is 0.363 e. The predicted molar refractivity (Wildman–Crippen MR) is 65.5 cm³/mol. The van der Waals surface area contributed by atoms with Crippen LogP contribution in [0.1, 0.15) is 18.5 Å². The van der Waals surface area contributed by atoms with Gasteiger partial charge in [0.15, 0.2) is 0 Å². The van der Waals surface area contributed by atoms with Crippen LogP contribution in [0.4, 0.5) is 10.2 Å². The van der Waals surface area contributed by atoms with Crippen LogP contribution in [0, 0.1) is 5.82 Å². The van der Waals surface area contributed by atoms with Crippen LogP contribution < -0.4 is 5.32 Å². The molecule has 1 N–H and O–H groups in total. The predicted octanol–water partition coefficient (Wildman–Crippen LogP) is 3.44. The standard InChI is InChI=1S/C12H11ClFN3/c1-8(9-2-4-10(14)5-3-9)16-11-6-7-15-12(13)17-11/h2-8H,1H3,(H,15,16,17). The van der Waals surface area contributed by atoms with Gasteiger partial charge in [-0.1, -0.05) is 12.1 Å². The fourth-order valence-corrected chi connectivity index (χ4v) is 1.62. The van der Waals surface area contributed by atoms with Crippen LogP contribution in [0.15, 0.2) is 36.5 Å². The minimum Gasteiger partial charge on any atom is -0.363 e. The molecule has 1 aromatic carbocycles. The van der Waals surface area contributed by atoms with E-state index in [1.165, 1.54) is 12.1 Å². The molecule has 1 aromatic heterocycles. The van der Waals surface area contributed by atoms with Gasteiger partial charge in [-0.2, -0.15) is 0 Å². The van der Waals surface area contributed by atoms with Crippen LogP contribution in [-0.2, 0) is 0 Å². The van der Waals surface area contributed by atoms with Gasteiger partial charge in [0.1, 0.15) is 11.6 Å². The zero-order valence-corrected chi connectivity index (χ0v) is 9.95. The summed E-state index contributed by atoms with van der Waals surface area (Å²) < 4.78 is 12.8.